The van der Waals surface area contributed by atoms with Gasteiger partial charge in [-0.2, -0.15) is 0 Å². The van der Waals surface area contributed by atoms with Crippen molar-refractivity contribution in [1.29, 1.82) is 0 Å². The molecule has 0 saturated heterocycles. The molecule has 4 nitrogen and oxygen atoms in total. The fraction of sp³-hybridized carbons (Fsp3) is 0.381. The number of para-hydroxylation sites is 1. The molecule has 2 aromatic carbocycles. The minimum Gasteiger partial charge on any atom is -0.496 e. The van der Waals surface area contributed by atoms with E-state index < -0.39 is 0 Å². The molecule has 1 fully saturated rings. The fourth-order valence-corrected chi connectivity index (χ4v) is 2.77. The Morgan fingerprint density at radius 2 is 1.92 bits per heavy atom. The molecule has 0 heterocycles. The first-order chi connectivity index (χ1) is 12.1. The molecule has 0 bridgehead atoms. The van der Waals surface area contributed by atoms with Crippen LogP contribution in [0.25, 0.3) is 0 Å². The second-order valence-corrected chi connectivity index (χ2v) is 6.76. The molecule has 0 aromatic heterocycles. The van der Waals surface area contributed by atoms with Crippen molar-refractivity contribution in [3.05, 3.63) is 59.2 Å². The van der Waals surface area contributed by atoms with Crippen molar-refractivity contribution in [2.75, 3.05) is 7.11 Å². The van der Waals surface area contributed by atoms with E-state index in [2.05, 4.69) is 25.2 Å². The third-order valence-electron chi connectivity index (χ3n) is 4.38. The second kappa shape index (κ2) is 7.60. The first kappa shape index (κ1) is 17.3. The number of ether oxygens (including phenoxy) is 2. The van der Waals surface area contributed by atoms with Gasteiger partial charge in [-0.25, -0.2) is 0 Å². The van der Waals surface area contributed by atoms with Crippen molar-refractivity contribution >= 4 is 5.91 Å². The lowest BCUT2D eigenvalue weighted by atomic mass is 10.0. The van der Waals surface area contributed by atoms with Crippen LogP contribution in [-0.2, 0) is 6.61 Å². The van der Waals surface area contributed by atoms with Crippen LogP contribution >= 0.6 is 0 Å². The van der Waals surface area contributed by atoms with Crippen LogP contribution in [0.4, 0.5) is 0 Å². The van der Waals surface area contributed by atoms with Gasteiger partial charge in [0.2, 0.25) is 0 Å². The first-order valence-electron chi connectivity index (χ1n) is 8.78. The van der Waals surface area contributed by atoms with Crippen molar-refractivity contribution in [2.24, 2.45) is 0 Å². The number of hydrogen-bond acceptors (Lipinski definition) is 3. The predicted molar refractivity (Wildman–Crippen MR) is 98.3 cm³/mol. The van der Waals surface area contributed by atoms with Crippen LogP contribution in [0.1, 0.15) is 54.1 Å². The summed E-state index contributed by atoms with van der Waals surface area (Å²) < 4.78 is 11.5. The average Bonchev–Trinajstić information content (AvgIpc) is 3.43. The number of methoxy groups -OCH3 is 1. The number of nitrogens with one attached hydrogen (secondary N) is 1. The highest BCUT2D eigenvalue weighted by Gasteiger charge is 2.24. The van der Waals surface area contributed by atoms with Crippen LogP contribution in [0.2, 0.25) is 0 Å². The highest BCUT2D eigenvalue weighted by atomic mass is 16.5. The van der Waals surface area contributed by atoms with E-state index >= 15 is 0 Å². The molecule has 3 rings (SSSR count). The van der Waals surface area contributed by atoms with Crippen LogP contribution in [0.5, 0.6) is 11.5 Å². The number of rotatable bonds is 7. The predicted octanol–water partition coefficient (Wildman–Crippen LogP) is 4.29. The number of carbonyl (C=O) groups is 1. The van der Waals surface area contributed by atoms with E-state index in [1.807, 2.05) is 30.3 Å². The molecule has 1 aliphatic carbocycles. The number of hydrogen-bond donors (Lipinski definition) is 1. The summed E-state index contributed by atoms with van der Waals surface area (Å²) in [5.74, 6) is 1.94. The molecule has 0 unspecified atom stereocenters. The Hall–Kier alpha value is -2.49. The maximum absolute atomic E-state index is 12.3. The molecule has 25 heavy (non-hydrogen) atoms. The lowest BCUT2D eigenvalue weighted by Crippen LogP contribution is -2.25. The van der Waals surface area contributed by atoms with E-state index in [9.17, 15) is 4.79 Å². The smallest absolute Gasteiger partial charge is 0.251 e. The van der Waals surface area contributed by atoms with Gasteiger partial charge in [-0.15, -0.1) is 0 Å². The Kier molecular flexibility index (Phi) is 5.27. The summed E-state index contributed by atoms with van der Waals surface area (Å²) in [5, 5.41) is 3.01. The number of amides is 1. The van der Waals surface area contributed by atoms with E-state index in [1.54, 1.807) is 13.2 Å². The normalized spacial score (nSPS) is 13.6. The standard InChI is InChI=1S/C21H25NO3/c1-14(2)18-6-4-5-7-20(18)25-13-16-12-15(8-11-19(16)24-3)21(23)22-17-9-10-17/h4-8,11-12,14,17H,9-10,13H2,1-3H3,(H,22,23). The molecule has 0 radical (unpaired) electrons. The van der Waals surface area contributed by atoms with Gasteiger partial charge in [0.25, 0.3) is 5.91 Å². The summed E-state index contributed by atoms with van der Waals surface area (Å²) in [7, 11) is 1.63. The molecule has 0 atom stereocenters. The van der Waals surface area contributed by atoms with Crippen molar-refractivity contribution in [3.8, 4) is 11.5 Å². The highest BCUT2D eigenvalue weighted by Crippen LogP contribution is 2.28. The van der Waals surface area contributed by atoms with E-state index in [1.165, 1.54) is 5.56 Å². The number of carbonyl (C=O) groups excluding carboxylic acids is 1. The van der Waals surface area contributed by atoms with E-state index in [0.29, 0.717) is 24.1 Å². The largest absolute Gasteiger partial charge is 0.496 e. The van der Waals surface area contributed by atoms with Crippen molar-refractivity contribution in [2.45, 2.75) is 45.3 Å². The summed E-state index contributed by atoms with van der Waals surface area (Å²) >= 11 is 0. The third-order valence-corrected chi connectivity index (χ3v) is 4.38. The van der Waals surface area contributed by atoms with Gasteiger partial charge >= 0.3 is 0 Å². The number of benzene rings is 2. The van der Waals surface area contributed by atoms with E-state index in [0.717, 1.165) is 29.9 Å². The van der Waals surface area contributed by atoms with Gasteiger partial charge in [0.05, 0.1) is 7.11 Å². The van der Waals surface area contributed by atoms with E-state index in [4.69, 9.17) is 9.47 Å². The molecular formula is C21H25NO3. The lowest BCUT2D eigenvalue weighted by molar-refractivity contribution is 0.0951. The second-order valence-electron chi connectivity index (χ2n) is 6.76. The highest BCUT2D eigenvalue weighted by molar-refractivity contribution is 5.95. The molecule has 1 saturated carbocycles. The topological polar surface area (TPSA) is 47.6 Å². The molecule has 0 aliphatic heterocycles. The van der Waals surface area contributed by atoms with Gasteiger partial charge < -0.3 is 14.8 Å². The van der Waals surface area contributed by atoms with Crippen LogP contribution in [0.3, 0.4) is 0 Å². The van der Waals surface area contributed by atoms with Gasteiger partial charge in [-0.3, -0.25) is 4.79 Å². The third kappa shape index (κ3) is 4.32. The van der Waals surface area contributed by atoms with Crippen molar-refractivity contribution in [1.82, 2.24) is 5.32 Å². The SMILES string of the molecule is COc1ccc(C(=O)NC2CC2)cc1COc1ccccc1C(C)C. The molecule has 1 amide bonds. The Bertz CT molecular complexity index is 751. The lowest BCUT2D eigenvalue weighted by Gasteiger charge is -2.16. The van der Waals surface area contributed by atoms with Gasteiger partial charge in [0, 0.05) is 17.2 Å². The van der Waals surface area contributed by atoms with Gasteiger partial charge in [0.15, 0.2) is 0 Å². The van der Waals surface area contributed by atoms with Crippen LogP contribution in [-0.4, -0.2) is 19.1 Å². The molecule has 4 heteroatoms. The minimum atomic E-state index is -0.0333. The van der Waals surface area contributed by atoms with Gasteiger partial charge in [0.1, 0.15) is 18.1 Å². The van der Waals surface area contributed by atoms with Crippen molar-refractivity contribution in [3.63, 3.8) is 0 Å². The summed E-state index contributed by atoms with van der Waals surface area (Å²) in [6.07, 6.45) is 2.15. The average molecular weight is 339 g/mol. The summed E-state index contributed by atoms with van der Waals surface area (Å²) in [6, 6.07) is 13.9. The Balaban J connectivity index is 1.77. The van der Waals surface area contributed by atoms with Crippen LogP contribution in [0, 0.1) is 0 Å². The maximum atomic E-state index is 12.3. The zero-order valence-corrected chi connectivity index (χ0v) is 15.0. The van der Waals surface area contributed by atoms with E-state index in [-0.39, 0.29) is 5.91 Å². The maximum Gasteiger partial charge on any atom is 0.251 e. The molecule has 1 aliphatic rings. The molecule has 1 N–H and O–H groups in total. The Labute approximate surface area is 149 Å². The Morgan fingerprint density at radius 3 is 2.60 bits per heavy atom. The van der Waals surface area contributed by atoms with Crippen LogP contribution in [0.15, 0.2) is 42.5 Å². The zero-order chi connectivity index (χ0) is 17.8. The molecule has 0 spiro atoms. The first-order valence-corrected chi connectivity index (χ1v) is 8.78. The summed E-state index contributed by atoms with van der Waals surface area (Å²) in [6.45, 7) is 4.65. The summed E-state index contributed by atoms with van der Waals surface area (Å²) in [4.78, 5) is 12.3. The quantitative estimate of drug-likeness (QED) is 0.818. The minimum absolute atomic E-state index is 0.0333. The molecule has 2 aromatic rings. The molecular weight excluding hydrogens is 314 g/mol. The van der Waals surface area contributed by atoms with Gasteiger partial charge in [-0.05, 0) is 48.6 Å². The van der Waals surface area contributed by atoms with Crippen molar-refractivity contribution < 1.29 is 14.3 Å². The van der Waals surface area contributed by atoms with Gasteiger partial charge in [-0.1, -0.05) is 32.0 Å². The van der Waals surface area contributed by atoms with Crippen LogP contribution < -0.4 is 14.8 Å². The fourth-order valence-electron chi connectivity index (χ4n) is 2.77. The molecule has 132 valence electrons. The zero-order valence-electron chi connectivity index (χ0n) is 15.0. The Morgan fingerprint density at radius 1 is 1.16 bits per heavy atom. The summed E-state index contributed by atoms with van der Waals surface area (Å²) in [5.41, 5.74) is 2.68. The monoisotopic (exact) mass is 339 g/mol.